The van der Waals surface area contributed by atoms with Crippen molar-refractivity contribution in [3.63, 3.8) is 0 Å². The molecule has 0 atom stereocenters. The monoisotopic (exact) mass is 398 g/mol. The Balaban J connectivity index is 3.31. The molecule has 0 saturated carbocycles. The minimum Gasteiger partial charge on any atom is -0.462 e. The second-order valence-electron chi connectivity index (χ2n) is 9.34. The van der Waals surface area contributed by atoms with Crippen LogP contribution in [0.4, 0.5) is 0 Å². The van der Waals surface area contributed by atoms with Gasteiger partial charge in [0.25, 0.3) is 0 Å². The lowest BCUT2D eigenvalue weighted by Gasteiger charge is -2.28. The first-order chi connectivity index (χ1) is 13.5. The standard InChI is InChI=1S/C25H52NO2/c1-5-7-8-9-10-11-12-13-14-15-16-17-18-19-20-21-22-26(3,4)24-25(27)28-23-6-2/h5-24H2,1-4H3/q+1. The van der Waals surface area contributed by atoms with Gasteiger partial charge in [0.15, 0.2) is 6.54 Å². The van der Waals surface area contributed by atoms with E-state index in [9.17, 15) is 4.79 Å². The Morgan fingerprint density at radius 3 is 1.39 bits per heavy atom. The summed E-state index contributed by atoms with van der Waals surface area (Å²) in [5, 5.41) is 0. The van der Waals surface area contributed by atoms with Crippen LogP contribution in [-0.4, -0.2) is 44.2 Å². The largest absolute Gasteiger partial charge is 0.462 e. The van der Waals surface area contributed by atoms with Crippen LogP contribution in [0.25, 0.3) is 0 Å². The highest BCUT2D eigenvalue weighted by Gasteiger charge is 2.20. The summed E-state index contributed by atoms with van der Waals surface area (Å²) in [7, 11) is 4.27. The van der Waals surface area contributed by atoms with Crippen molar-refractivity contribution in [3.05, 3.63) is 0 Å². The molecule has 0 aliphatic heterocycles. The topological polar surface area (TPSA) is 26.3 Å². The summed E-state index contributed by atoms with van der Waals surface area (Å²) in [6, 6.07) is 0. The lowest BCUT2D eigenvalue weighted by molar-refractivity contribution is -0.883. The Morgan fingerprint density at radius 1 is 0.607 bits per heavy atom. The number of unbranched alkanes of at least 4 members (excludes halogenated alkanes) is 15. The number of carbonyl (C=O) groups excluding carboxylic acids is 1. The first-order valence-corrected chi connectivity index (χ1v) is 12.5. The molecule has 0 aromatic rings. The van der Waals surface area contributed by atoms with Gasteiger partial charge in [-0.25, -0.2) is 4.79 Å². The molecule has 0 heterocycles. The molecule has 0 aromatic carbocycles. The van der Waals surface area contributed by atoms with Gasteiger partial charge in [-0.05, 0) is 19.3 Å². The Bertz CT molecular complexity index is 341. The second kappa shape index (κ2) is 19.7. The van der Waals surface area contributed by atoms with Crippen LogP contribution in [0.5, 0.6) is 0 Å². The summed E-state index contributed by atoms with van der Waals surface area (Å²) < 4.78 is 5.96. The maximum absolute atomic E-state index is 11.8. The molecule has 28 heavy (non-hydrogen) atoms. The van der Waals surface area contributed by atoms with Gasteiger partial charge < -0.3 is 9.22 Å². The second-order valence-corrected chi connectivity index (χ2v) is 9.34. The van der Waals surface area contributed by atoms with Crippen LogP contribution in [0.15, 0.2) is 0 Å². The summed E-state index contributed by atoms with van der Waals surface area (Å²) in [6.45, 7) is 6.44. The van der Waals surface area contributed by atoms with E-state index in [-0.39, 0.29) is 5.97 Å². The minimum absolute atomic E-state index is 0.0525. The smallest absolute Gasteiger partial charge is 0.361 e. The van der Waals surface area contributed by atoms with E-state index in [1.807, 2.05) is 6.92 Å². The molecule has 0 aliphatic rings. The summed E-state index contributed by atoms with van der Waals surface area (Å²) in [5.74, 6) is -0.0525. The van der Waals surface area contributed by atoms with Gasteiger partial charge in [-0.1, -0.05) is 104 Å². The van der Waals surface area contributed by atoms with Gasteiger partial charge in [-0.3, -0.25) is 0 Å². The summed E-state index contributed by atoms with van der Waals surface area (Å²) in [5.41, 5.74) is 0. The first-order valence-electron chi connectivity index (χ1n) is 12.5. The first kappa shape index (κ1) is 27.4. The zero-order valence-electron chi connectivity index (χ0n) is 19.9. The third-order valence-corrected chi connectivity index (χ3v) is 5.64. The van der Waals surface area contributed by atoms with E-state index in [2.05, 4.69) is 21.0 Å². The van der Waals surface area contributed by atoms with Crippen LogP contribution < -0.4 is 0 Å². The Morgan fingerprint density at radius 2 is 1.00 bits per heavy atom. The van der Waals surface area contributed by atoms with E-state index in [0.717, 1.165) is 17.4 Å². The van der Waals surface area contributed by atoms with E-state index in [1.165, 1.54) is 103 Å². The molecule has 0 rings (SSSR count). The number of quaternary nitrogens is 1. The highest BCUT2D eigenvalue weighted by Crippen LogP contribution is 2.14. The average molecular weight is 399 g/mol. The van der Waals surface area contributed by atoms with Crippen molar-refractivity contribution in [2.75, 3.05) is 33.8 Å². The minimum atomic E-state index is -0.0525. The van der Waals surface area contributed by atoms with E-state index in [4.69, 9.17) is 4.74 Å². The van der Waals surface area contributed by atoms with Crippen molar-refractivity contribution >= 4 is 5.97 Å². The fourth-order valence-electron chi connectivity index (χ4n) is 3.78. The Labute approximate surface area is 177 Å². The van der Waals surface area contributed by atoms with Gasteiger partial charge in [-0.15, -0.1) is 0 Å². The number of esters is 1. The number of likely N-dealkylation sites (N-methyl/N-ethyl adjacent to an activating group) is 1. The van der Waals surface area contributed by atoms with E-state index in [1.54, 1.807) is 0 Å². The normalized spacial score (nSPS) is 11.7. The molecular formula is C25H52NO2+. The van der Waals surface area contributed by atoms with Crippen molar-refractivity contribution in [1.29, 1.82) is 0 Å². The predicted molar refractivity (Wildman–Crippen MR) is 123 cm³/mol. The lowest BCUT2D eigenvalue weighted by atomic mass is 10.0. The number of hydrogen-bond donors (Lipinski definition) is 0. The number of ether oxygens (including phenoxy) is 1. The highest BCUT2D eigenvalue weighted by atomic mass is 16.5. The fraction of sp³-hybridized carbons (Fsp3) is 0.960. The summed E-state index contributed by atoms with van der Waals surface area (Å²) >= 11 is 0. The zero-order valence-corrected chi connectivity index (χ0v) is 19.9. The quantitative estimate of drug-likeness (QED) is 0.115. The maximum atomic E-state index is 11.8. The zero-order chi connectivity index (χ0) is 20.9. The fourth-order valence-corrected chi connectivity index (χ4v) is 3.78. The highest BCUT2D eigenvalue weighted by molar-refractivity contribution is 5.70. The van der Waals surface area contributed by atoms with Crippen LogP contribution in [0.1, 0.15) is 123 Å². The van der Waals surface area contributed by atoms with E-state index in [0.29, 0.717) is 13.2 Å². The lowest BCUT2D eigenvalue weighted by Crippen LogP contribution is -2.45. The van der Waals surface area contributed by atoms with Crippen LogP contribution in [-0.2, 0) is 9.53 Å². The third kappa shape index (κ3) is 20.2. The third-order valence-electron chi connectivity index (χ3n) is 5.64. The van der Waals surface area contributed by atoms with Crippen LogP contribution in [0.2, 0.25) is 0 Å². The number of hydrogen-bond acceptors (Lipinski definition) is 2. The van der Waals surface area contributed by atoms with Crippen LogP contribution >= 0.6 is 0 Å². The van der Waals surface area contributed by atoms with Gasteiger partial charge >= 0.3 is 5.97 Å². The molecule has 168 valence electrons. The predicted octanol–water partition coefficient (Wildman–Crippen LogP) is 7.28. The molecule has 0 unspecified atom stereocenters. The van der Waals surface area contributed by atoms with Crippen molar-refractivity contribution in [2.24, 2.45) is 0 Å². The average Bonchev–Trinajstić information content (AvgIpc) is 2.65. The number of rotatable bonds is 21. The number of carbonyl (C=O) groups is 1. The molecule has 0 saturated heterocycles. The maximum Gasteiger partial charge on any atom is 0.361 e. The molecule has 0 bridgehead atoms. The van der Waals surface area contributed by atoms with Crippen molar-refractivity contribution in [1.82, 2.24) is 0 Å². The molecule has 0 fully saturated rings. The van der Waals surface area contributed by atoms with Gasteiger partial charge in [0, 0.05) is 0 Å². The van der Waals surface area contributed by atoms with Gasteiger partial charge in [0.05, 0.1) is 27.2 Å². The van der Waals surface area contributed by atoms with Crippen molar-refractivity contribution < 1.29 is 14.0 Å². The van der Waals surface area contributed by atoms with Crippen LogP contribution in [0, 0.1) is 0 Å². The molecule has 0 radical (unpaired) electrons. The van der Waals surface area contributed by atoms with Crippen molar-refractivity contribution in [2.45, 2.75) is 123 Å². The van der Waals surface area contributed by atoms with Gasteiger partial charge in [0.1, 0.15) is 0 Å². The SMILES string of the molecule is CCCCCCCCCCCCCCCCCC[N+](C)(C)CC(=O)OCCC. The van der Waals surface area contributed by atoms with Gasteiger partial charge in [-0.2, -0.15) is 0 Å². The molecule has 0 aromatic heterocycles. The molecule has 0 spiro atoms. The molecule has 0 N–H and O–H groups in total. The Hall–Kier alpha value is -0.570. The molecular weight excluding hydrogens is 346 g/mol. The summed E-state index contributed by atoms with van der Waals surface area (Å²) in [6.07, 6.45) is 23.3. The molecule has 0 amide bonds. The summed E-state index contributed by atoms with van der Waals surface area (Å²) in [4.78, 5) is 11.8. The van der Waals surface area contributed by atoms with E-state index >= 15 is 0 Å². The molecule has 3 nitrogen and oxygen atoms in total. The van der Waals surface area contributed by atoms with Crippen molar-refractivity contribution in [3.8, 4) is 0 Å². The Kier molecular flexibility index (Phi) is 19.3. The van der Waals surface area contributed by atoms with Crippen LogP contribution in [0.3, 0.4) is 0 Å². The number of nitrogens with zero attached hydrogens (tertiary/aromatic N) is 1. The molecule has 0 aliphatic carbocycles. The van der Waals surface area contributed by atoms with Gasteiger partial charge in [0.2, 0.25) is 0 Å². The molecule has 3 heteroatoms. The van der Waals surface area contributed by atoms with E-state index < -0.39 is 0 Å².